The van der Waals surface area contributed by atoms with Crippen molar-refractivity contribution in [1.29, 1.82) is 0 Å². The predicted octanol–water partition coefficient (Wildman–Crippen LogP) is 5.03. The summed E-state index contributed by atoms with van der Waals surface area (Å²) in [5.74, 6) is 0.472. The van der Waals surface area contributed by atoms with Crippen LogP contribution in [0.15, 0.2) is 29.4 Å². The topological polar surface area (TPSA) is 57.1 Å². The van der Waals surface area contributed by atoms with E-state index < -0.39 is 25.0 Å². The Morgan fingerprint density at radius 2 is 1.38 bits per heavy atom. The Labute approximate surface area is 161 Å². The smallest absolute Gasteiger partial charge is 0.343 e. The number of benzene rings is 1. The minimum atomic E-state index is -2.00. The van der Waals surface area contributed by atoms with E-state index in [-0.39, 0.29) is 5.97 Å². The van der Waals surface area contributed by atoms with E-state index in [0.29, 0.717) is 12.1 Å². The molecule has 1 aromatic carbocycles. The van der Waals surface area contributed by atoms with Crippen molar-refractivity contribution in [2.75, 3.05) is 0 Å². The lowest BCUT2D eigenvalue weighted by molar-refractivity contribution is -0.127. The van der Waals surface area contributed by atoms with Gasteiger partial charge in [0, 0.05) is 6.42 Å². The van der Waals surface area contributed by atoms with E-state index in [2.05, 4.69) is 24.8 Å². The molecule has 1 rings (SSSR count). The molecule has 0 aliphatic rings. The molecule has 8 heteroatoms. The molecule has 0 N–H and O–H groups in total. The molecule has 0 fully saturated rings. The van der Waals surface area contributed by atoms with Crippen molar-refractivity contribution in [3.63, 3.8) is 0 Å². The van der Waals surface area contributed by atoms with Gasteiger partial charge < -0.3 is 13.4 Å². The second-order valence-corrected chi connectivity index (χ2v) is 22.5. The molecule has 0 saturated heterocycles. The van der Waals surface area contributed by atoms with E-state index in [1.165, 1.54) is 0 Å². The average Bonchev–Trinajstić information content (AvgIpc) is 2.40. The zero-order valence-corrected chi connectivity index (χ0v) is 20.6. The number of carbonyl (C=O) groups is 1. The first kappa shape index (κ1) is 22.7. The highest BCUT2D eigenvalue weighted by Crippen LogP contribution is 2.18. The second-order valence-electron chi connectivity index (χ2n) is 9.28. The fourth-order valence-corrected chi connectivity index (χ4v) is 3.79. The van der Waals surface area contributed by atoms with E-state index in [1.54, 1.807) is 0 Å². The van der Waals surface area contributed by atoms with Gasteiger partial charge in [-0.3, -0.25) is 0 Å². The monoisotopic (exact) mass is 411 g/mol. The maximum absolute atomic E-state index is 12.5. The van der Waals surface area contributed by atoms with Crippen molar-refractivity contribution in [2.24, 2.45) is 5.16 Å². The van der Waals surface area contributed by atoms with Crippen LogP contribution in [-0.2, 0) is 20.2 Å². The molecule has 0 saturated carbocycles. The molecular formula is C18H33NO4Si3. The van der Waals surface area contributed by atoms with E-state index in [9.17, 15) is 4.79 Å². The van der Waals surface area contributed by atoms with E-state index in [1.807, 2.05) is 63.5 Å². The van der Waals surface area contributed by atoms with Crippen molar-refractivity contribution < 1.29 is 18.2 Å². The van der Waals surface area contributed by atoms with Crippen LogP contribution in [0.2, 0.25) is 58.9 Å². The lowest BCUT2D eigenvalue weighted by Crippen LogP contribution is -2.34. The van der Waals surface area contributed by atoms with Gasteiger partial charge in [0.25, 0.3) is 8.32 Å². The number of hydrogen-bond donors (Lipinski definition) is 0. The summed E-state index contributed by atoms with van der Waals surface area (Å²) in [6.07, 6.45) is 0.376. The number of carbonyl (C=O) groups excluding carboxylic acids is 1. The molecule has 0 spiro atoms. The van der Waals surface area contributed by atoms with Crippen LogP contribution in [0.4, 0.5) is 0 Å². The SMILES string of the molecule is C[Si](C)(C)O/N=C(\Cc1ccc(O[Si](C)(C)C)cc1)C(=O)O[Si](C)(C)C. The second kappa shape index (κ2) is 8.53. The summed E-state index contributed by atoms with van der Waals surface area (Å²) in [6, 6.07) is 7.80. The molecule has 0 aromatic heterocycles. The van der Waals surface area contributed by atoms with Crippen molar-refractivity contribution in [3.05, 3.63) is 29.8 Å². The Morgan fingerprint density at radius 3 is 1.81 bits per heavy atom. The average molecular weight is 412 g/mol. The Hall–Kier alpha value is -1.39. The highest BCUT2D eigenvalue weighted by Gasteiger charge is 2.25. The Balaban J connectivity index is 2.96. The maximum Gasteiger partial charge on any atom is 0.343 e. The molecule has 1 aromatic rings. The van der Waals surface area contributed by atoms with Crippen molar-refractivity contribution in [3.8, 4) is 5.75 Å². The predicted molar refractivity (Wildman–Crippen MR) is 115 cm³/mol. The molecule has 0 aliphatic heterocycles. The van der Waals surface area contributed by atoms with Crippen LogP contribution in [-0.4, -0.2) is 36.6 Å². The van der Waals surface area contributed by atoms with Crippen LogP contribution in [0.1, 0.15) is 5.56 Å². The van der Waals surface area contributed by atoms with E-state index in [0.717, 1.165) is 11.3 Å². The van der Waals surface area contributed by atoms with Gasteiger partial charge >= 0.3 is 5.97 Å². The van der Waals surface area contributed by atoms with Crippen LogP contribution in [0, 0.1) is 0 Å². The number of hydrogen-bond acceptors (Lipinski definition) is 5. The van der Waals surface area contributed by atoms with Gasteiger partial charge in [0.05, 0.1) is 0 Å². The van der Waals surface area contributed by atoms with Gasteiger partial charge in [-0.15, -0.1) is 0 Å². The molecule has 0 aliphatic carbocycles. The molecule has 146 valence electrons. The summed E-state index contributed by atoms with van der Waals surface area (Å²) in [4.78, 5) is 12.5. The highest BCUT2D eigenvalue weighted by molar-refractivity contribution is 6.73. The van der Waals surface area contributed by atoms with Gasteiger partial charge in [0.1, 0.15) is 5.75 Å². The van der Waals surface area contributed by atoms with Crippen LogP contribution in [0.25, 0.3) is 0 Å². The first-order valence-corrected chi connectivity index (χ1v) is 19.1. The van der Waals surface area contributed by atoms with Crippen LogP contribution >= 0.6 is 0 Å². The summed E-state index contributed by atoms with van der Waals surface area (Å²) in [6.45, 7) is 18.4. The molecular weight excluding hydrogens is 378 g/mol. The first-order valence-electron chi connectivity index (χ1n) is 8.91. The molecule has 0 atom stereocenters. The highest BCUT2D eigenvalue weighted by atomic mass is 28.4. The van der Waals surface area contributed by atoms with Crippen molar-refractivity contribution in [2.45, 2.75) is 65.3 Å². The van der Waals surface area contributed by atoms with Gasteiger partial charge in [-0.05, 0) is 76.6 Å². The van der Waals surface area contributed by atoms with Crippen molar-refractivity contribution >= 4 is 36.6 Å². The summed E-state index contributed by atoms with van der Waals surface area (Å²) in [7, 11) is -5.51. The summed E-state index contributed by atoms with van der Waals surface area (Å²) in [5.41, 5.74) is 1.28. The van der Waals surface area contributed by atoms with Gasteiger partial charge in [-0.1, -0.05) is 17.3 Å². The molecule has 0 heterocycles. The first-order chi connectivity index (χ1) is 11.6. The van der Waals surface area contributed by atoms with Gasteiger partial charge in [-0.25, -0.2) is 4.79 Å². The number of rotatable bonds is 8. The van der Waals surface area contributed by atoms with Crippen LogP contribution in [0.3, 0.4) is 0 Å². The zero-order valence-electron chi connectivity index (χ0n) is 17.6. The summed E-state index contributed by atoms with van der Waals surface area (Å²) >= 11 is 0. The standard InChI is InChI=1S/C18H33NO4Si3/c1-24(2,3)21-16-12-10-15(11-13-16)14-17(19-23-26(7,8)9)18(20)22-25(4,5)6/h10-13H,14H2,1-9H3/b19-17+. The van der Waals surface area contributed by atoms with Gasteiger partial charge in [-0.2, -0.15) is 0 Å². The lowest BCUT2D eigenvalue weighted by Gasteiger charge is -2.20. The summed E-state index contributed by atoms with van der Waals surface area (Å²) in [5, 5.41) is 4.16. The molecule has 5 nitrogen and oxygen atoms in total. The zero-order chi connectivity index (χ0) is 20.2. The van der Waals surface area contributed by atoms with Crippen LogP contribution < -0.4 is 4.43 Å². The fraction of sp³-hybridized carbons (Fsp3) is 0.556. The minimum Gasteiger partial charge on any atom is -0.544 e. The van der Waals surface area contributed by atoms with Gasteiger partial charge in [0.2, 0.25) is 16.6 Å². The number of oxime groups is 1. The maximum atomic E-state index is 12.5. The number of nitrogens with zero attached hydrogens (tertiary/aromatic N) is 1. The largest absolute Gasteiger partial charge is 0.544 e. The lowest BCUT2D eigenvalue weighted by atomic mass is 10.1. The van der Waals surface area contributed by atoms with Crippen LogP contribution in [0.5, 0.6) is 5.75 Å². The third-order valence-corrected chi connectivity index (χ3v) is 5.07. The van der Waals surface area contributed by atoms with Gasteiger partial charge in [0.15, 0.2) is 5.71 Å². The van der Waals surface area contributed by atoms with Crippen molar-refractivity contribution in [1.82, 2.24) is 0 Å². The quantitative estimate of drug-likeness (QED) is 0.342. The Kier molecular flexibility index (Phi) is 7.43. The summed E-state index contributed by atoms with van der Waals surface area (Å²) < 4.78 is 17.2. The fourth-order valence-electron chi connectivity index (χ4n) is 1.89. The molecule has 26 heavy (non-hydrogen) atoms. The Bertz CT molecular complexity index is 638. The third kappa shape index (κ3) is 9.93. The minimum absolute atomic E-state index is 0.314. The normalized spacial score (nSPS) is 13.3. The Morgan fingerprint density at radius 1 is 0.846 bits per heavy atom. The third-order valence-electron chi connectivity index (χ3n) is 2.78. The molecule has 0 amide bonds. The molecule has 0 unspecified atom stereocenters. The molecule has 0 radical (unpaired) electrons. The molecule has 0 bridgehead atoms. The van der Waals surface area contributed by atoms with E-state index >= 15 is 0 Å². The van der Waals surface area contributed by atoms with E-state index in [4.69, 9.17) is 13.4 Å².